The van der Waals surface area contributed by atoms with E-state index in [2.05, 4.69) is 35.7 Å². The van der Waals surface area contributed by atoms with Crippen LogP contribution in [0.25, 0.3) is 0 Å². The molecule has 1 saturated heterocycles. The molecule has 0 amide bonds. The highest BCUT2D eigenvalue weighted by Gasteiger charge is 2.19. The maximum Gasteiger partial charge on any atom is 0.141 e. The molecule has 0 saturated carbocycles. The second kappa shape index (κ2) is 6.71. The molecule has 116 valence electrons. The SMILES string of the molecule is Cc1cc(N2CCN(Cc3cccc(Br)c3F)CC2)ncn1. The zero-order chi connectivity index (χ0) is 15.5. The van der Waals surface area contributed by atoms with Gasteiger partial charge in [-0.05, 0) is 28.9 Å². The van der Waals surface area contributed by atoms with E-state index < -0.39 is 0 Å². The summed E-state index contributed by atoms with van der Waals surface area (Å²) in [5.41, 5.74) is 1.71. The Bertz CT molecular complexity index is 656. The molecule has 0 radical (unpaired) electrons. The summed E-state index contributed by atoms with van der Waals surface area (Å²) in [6, 6.07) is 7.46. The molecule has 0 spiro atoms. The first kappa shape index (κ1) is 15.4. The molecule has 6 heteroatoms. The number of benzene rings is 1. The third-order valence-corrected chi connectivity index (χ3v) is 4.52. The number of hydrogen-bond acceptors (Lipinski definition) is 4. The molecule has 1 aliphatic heterocycles. The van der Waals surface area contributed by atoms with Crippen LogP contribution in [0.4, 0.5) is 10.2 Å². The van der Waals surface area contributed by atoms with Gasteiger partial charge in [0.1, 0.15) is 18.0 Å². The number of aryl methyl sites for hydroxylation is 1. The second-order valence-corrected chi connectivity index (χ2v) is 6.35. The first-order valence-corrected chi connectivity index (χ1v) is 8.11. The van der Waals surface area contributed by atoms with E-state index in [0.29, 0.717) is 11.0 Å². The van der Waals surface area contributed by atoms with Crippen molar-refractivity contribution >= 4 is 21.7 Å². The largest absolute Gasteiger partial charge is 0.354 e. The van der Waals surface area contributed by atoms with Gasteiger partial charge >= 0.3 is 0 Å². The summed E-state index contributed by atoms with van der Waals surface area (Å²) in [6.07, 6.45) is 1.61. The number of halogens is 2. The average molecular weight is 365 g/mol. The summed E-state index contributed by atoms with van der Waals surface area (Å²) < 4.78 is 14.6. The summed E-state index contributed by atoms with van der Waals surface area (Å²) in [5, 5.41) is 0. The Hall–Kier alpha value is -1.53. The molecule has 1 aliphatic rings. The molecule has 0 unspecified atom stereocenters. The van der Waals surface area contributed by atoms with Crippen LogP contribution in [-0.4, -0.2) is 41.0 Å². The molecule has 2 heterocycles. The van der Waals surface area contributed by atoms with Gasteiger partial charge < -0.3 is 4.90 Å². The van der Waals surface area contributed by atoms with E-state index in [1.807, 2.05) is 25.1 Å². The average Bonchev–Trinajstić information content (AvgIpc) is 2.53. The molecule has 1 aromatic heterocycles. The molecule has 0 N–H and O–H groups in total. The normalized spacial score (nSPS) is 16.0. The number of piperazine rings is 1. The Morgan fingerprint density at radius 3 is 2.68 bits per heavy atom. The molecule has 22 heavy (non-hydrogen) atoms. The van der Waals surface area contributed by atoms with Gasteiger partial charge in [0.2, 0.25) is 0 Å². The fourth-order valence-electron chi connectivity index (χ4n) is 2.66. The molecular weight excluding hydrogens is 347 g/mol. The smallest absolute Gasteiger partial charge is 0.141 e. The van der Waals surface area contributed by atoms with E-state index in [9.17, 15) is 4.39 Å². The summed E-state index contributed by atoms with van der Waals surface area (Å²) in [6.45, 7) is 6.20. The minimum Gasteiger partial charge on any atom is -0.354 e. The van der Waals surface area contributed by atoms with E-state index in [1.165, 1.54) is 0 Å². The van der Waals surface area contributed by atoms with Gasteiger partial charge in [0, 0.05) is 50.0 Å². The van der Waals surface area contributed by atoms with Crippen LogP contribution >= 0.6 is 15.9 Å². The first-order valence-electron chi connectivity index (χ1n) is 7.32. The third-order valence-electron chi connectivity index (χ3n) is 3.91. The van der Waals surface area contributed by atoms with Gasteiger partial charge in [-0.15, -0.1) is 0 Å². The fraction of sp³-hybridized carbons (Fsp3) is 0.375. The van der Waals surface area contributed by atoms with Gasteiger partial charge in [-0.3, -0.25) is 4.90 Å². The Morgan fingerprint density at radius 1 is 1.18 bits per heavy atom. The van der Waals surface area contributed by atoms with Gasteiger partial charge in [0.05, 0.1) is 4.47 Å². The monoisotopic (exact) mass is 364 g/mol. The molecule has 3 rings (SSSR count). The minimum absolute atomic E-state index is 0.156. The molecule has 4 nitrogen and oxygen atoms in total. The van der Waals surface area contributed by atoms with Crippen molar-refractivity contribution in [1.82, 2.24) is 14.9 Å². The van der Waals surface area contributed by atoms with Gasteiger partial charge in [0.15, 0.2) is 0 Å². The van der Waals surface area contributed by atoms with E-state index in [0.717, 1.165) is 43.3 Å². The summed E-state index contributed by atoms with van der Waals surface area (Å²) in [7, 11) is 0. The molecular formula is C16H18BrFN4. The van der Waals surface area contributed by atoms with E-state index in [4.69, 9.17) is 0 Å². The lowest BCUT2D eigenvalue weighted by Crippen LogP contribution is -2.46. The number of anilines is 1. The van der Waals surface area contributed by atoms with E-state index >= 15 is 0 Å². The van der Waals surface area contributed by atoms with E-state index in [-0.39, 0.29) is 5.82 Å². The summed E-state index contributed by atoms with van der Waals surface area (Å²) in [4.78, 5) is 13.0. The lowest BCUT2D eigenvalue weighted by molar-refractivity contribution is 0.246. The molecule has 0 bridgehead atoms. The number of aromatic nitrogens is 2. The van der Waals surface area contributed by atoms with Crippen molar-refractivity contribution in [2.24, 2.45) is 0 Å². The molecule has 1 aromatic carbocycles. The van der Waals surface area contributed by atoms with Crippen molar-refractivity contribution in [3.63, 3.8) is 0 Å². The van der Waals surface area contributed by atoms with Gasteiger partial charge in [-0.1, -0.05) is 12.1 Å². The fourth-order valence-corrected chi connectivity index (χ4v) is 3.07. The maximum atomic E-state index is 14.0. The predicted octanol–water partition coefficient (Wildman–Crippen LogP) is 3.01. The van der Waals surface area contributed by atoms with Crippen molar-refractivity contribution in [1.29, 1.82) is 0 Å². The van der Waals surface area contributed by atoms with Crippen molar-refractivity contribution < 1.29 is 4.39 Å². The van der Waals surface area contributed by atoms with Crippen LogP contribution < -0.4 is 4.90 Å². The van der Waals surface area contributed by atoms with Crippen molar-refractivity contribution in [3.05, 3.63) is 52.1 Å². The first-order chi connectivity index (χ1) is 10.6. The van der Waals surface area contributed by atoms with Crippen LogP contribution in [0.5, 0.6) is 0 Å². The van der Waals surface area contributed by atoms with Crippen LogP contribution in [0.3, 0.4) is 0 Å². The van der Waals surface area contributed by atoms with Crippen LogP contribution in [0.2, 0.25) is 0 Å². The predicted molar refractivity (Wildman–Crippen MR) is 88.4 cm³/mol. The number of rotatable bonds is 3. The molecule has 2 aromatic rings. The molecule has 0 atom stereocenters. The van der Waals surface area contributed by atoms with E-state index in [1.54, 1.807) is 12.4 Å². The second-order valence-electron chi connectivity index (χ2n) is 5.49. The highest BCUT2D eigenvalue weighted by atomic mass is 79.9. The Morgan fingerprint density at radius 2 is 1.95 bits per heavy atom. The molecule has 1 fully saturated rings. The highest BCUT2D eigenvalue weighted by molar-refractivity contribution is 9.10. The summed E-state index contributed by atoms with van der Waals surface area (Å²) in [5.74, 6) is 0.817. The van der Waals surface area contributed by atoms with Crippen LogP contribution in [0, 0.1) is 12.7 Å². The lowest BCUT2D eigenvalue weighted by atomic mass is 10.2. The van der Waals surface area contributed by atoms with Crippen LogP contribution in [-0.2, 0) is 6.54 Å². The highest BCUT2D eigenvalue weighted by Crippen LogP contribution is 2.21. The van der Waals surface area contributed by atoms with Crippen LogP contribution in [0.1, 0.15) is 11.3 Å². The Labute approximate surface area is 138 Å². The minimum atomic E-state index is -0.156. The van der Waals surface area contributed by atoms with Gasteiger partial charge in [-0.2, -0.15) is 0 Å². The Kier molecular flexibility index (Phi) is 4.69. The maximum absolute atomic E-state index is 14.0. The topological polar surface area (TPSA) is 32.3 Å². The lowest BCUT2D eigenvalue weighted by Gasteiger charge is -2.35. The molecule has 0 aliphatic carbocycles. The summed E-state index contributed by atoms with van der Waals surface area (Å²) >= 11 is 3.24. The zero-order valence-electron chi connectivity index (χ0n) is 12.5. The Balaban J connectivity index is 1.61. The number of nitrogens with zero attached hydrogens (tertiary/aromatic N) is 4. The van der Waals surface area contributed by atoms with Crippen molar-refractivity contribution in [2.45, 2.75) is 13.5 Å². The van der Waals surface area contributed by atoms with Crippen molar-refractivity contribution in [2.75, 3.05) is 31.1 Å². The third kappa shape index (κ3) is 3.44. The standard InChI is InChI=1S/C16H18BrFN4/c1-12-9-15(20-11-19-12)22-7-5-21(6-8-22)10-13-3-2-4-14(17)16(13)18/h2-4,9,11H,5-8,10H2,1H3. The quantitative estimate of drug-likeness (QED) is 0.837. The van der Waals surface area contributed by atoms with Crippen molar-refractivity contribution in [3.8, 4) is 0 Å². The van der Waals surface area contributed by atoms with Crippen LogP contribution in [0.15, 0.2) is 35.1 Å². The number of hydrogen-bond donors (Lipinski definition) is 0. The van der Waals surface area contributed by atoms with Gasteiger partial charge in [0.25, 0.3) is 0 Å². The zero-order valence-corrected chi connectivity index (χ0v) is 14.1. The van der Waals surface area contributed by atoms with Gasteiger partial charge in [-0.25, -0.2) is 14.4 Å².